The van der Waals surface area contributed by atoms with Gasteiger partial charge in [0.25, 0.3) is 5.91 Å². The van der Waals surface area contributed by atoms with Crippen LogP contribution in [0.3, 0.4) is 0 Å². The second-order valence-electron chi connectivity index (χ2n) is 7.76. The maximum atomic E-state index is 13.5. The van der Waals surface area contributed by atoms with E-state index in [0.717, 1.165) is 36.6 Å². The molecule has 1 aliphatic heterocycles. The number of benzene rings is 2. The van der Waals surface area contributed by atoms with Crippen LogP contribution in [0.25, 0.3) is 11.3 Å². The zero-order valence-corrected chi connectivity index (χ0v) is 18.2. The molecule has 0 spiro atoms. The quantitative estimate of drug-likeness (QED) is 0.596. The number of hydrogen-bond acceptors (Lipinski definition) is 6. The van der Waals surface area contributed by atoms with E-state index < -0.39 is 11.7 Å². The smallest absolute Gasteiger partial charge is 0.255 e. The summed E-state index contributed by atoms with van der Waals surface area (Å²) >= 11 is 0. The van der Waals surface area contributed by atoms with Gasteiger partial charge in [0, 0.05) is 18.7 Å². The van der Waals surface area contributed by atoms with Crippen molar-refractivity contribution in [2.24, 2.45) is 0 Å². The number of nitrogens with one attached hydrogen (secondary N) is 1. The van der Waals surface area contributed by atoms with Gasteiger partial charge in [0.05, 0.1) is 25.3 Å². The van der Waals surface area contributed by atoms with Gasteiger partial charge in [-0.15, -0.1) is 0 Å². The van der Waals surface area contributed by atoms with Gasteiger partial charge in [0.1, 0.15) is 34.7 Å². The molecule has 1 fully saturated rings. The van der Waals surface area contributed by atoms with Crippen molar-refractivity contribution < 1.29 is 18.7 Å². The van der Waals surface area contributed by atoms with Crippen molar-refractivity contribution in [2.75, 3.05) is 26.1 Å². The topological polar surface area (TPSA) is 115 Å². The first-order chi connectivity index (χ1) is 16.0. The van der Waals surface area contributed by atoms with Gasteiger partial charge in [0.15, 0.2) is 0 Å². The van der Waals surface area contributed by atoms with Crippen molar-refractivity contribution in [3.8, 4) is 23.1 Å². The predicted molar refractivity (Wildman–Crippen MR) is 120 cm³/mol. The second kappa shape index (κ2) is 9.71. The van der Waals surface area contributed by atoms with E-state index in [1.807, 2.05) is 24.3 Å². The number of anilines is 1. The zero-order valence-electron chi connectivity index (χ0n) is 18.2. The van der Waals surface area contributed by atoms with Gasteiger partial charge in [-0.2, -0.15) is 10.4 Å². The summed E-state index contributed by atoms with van der Waals surface area (Å²) in [4.78, 5) is 12.5. The number of ether oxygens (including phenoxy) is 2. The molecule has 4 rings (SSSR count). The Bertz CT molecular complexity index is 1190. The molecule has 0 bridgehead atoms. The summed E-state index contributed by atoms with van der Waals surface area (Å²) in [5, 5.41) is 17.0. The van der Waals surface area contributed by atoms with Crippen LogP contribution in [0.15, 0.2) is 42.5 Å². The standard InChI is InChI=1S/C24H24FN5O3/c1-32-21-9-8-17(25)11-19(21)24(31)28-13-15-4-6-16(7-5-15)22-20(12-26)23(27)30(29-22)18-3-2-10-33-14-18/h4-9,11,18H,2-3,10,13-14,27H2,1H3,(H,28,31)/t18-/m1/s1. The van der Waals surface area contributed by atoms with Gasteiger partial charge in [-0.05, 0) is 36.6 Å². The SMILES string of the molecule is COc1ccc(F)cc1C(=O)NCc1ccc(-c2nn([C@@H]3CCCOC3)c(N)c2C#N)cc1. The molecule has 0 radical (unpaired) electrons. The highest BCUT2D eigenvalue weighted by Gasteiger charge is 2.24. The largest absolute Gasteiger partial charge is 0.496 e. The maximum absolute atomic E-state index is 13.5. The molecule has 33 heavy (non-hydrogen) atoms. The van der Waals surface area contributed by atoms with Crippen LogP contribution in [0.2, 0.25) is 0 Å². The average Bonchev–Trinajstić information content (AvgIpc) is 3.19. The minimum Gasteiger partial charge on any atom is -0.496 e. The first-order valence-corrected chi connectivity index (χ1v) is 10.6. The number of carbonyl (C=O) groups excluding carboxylic acids is 1. The highest BCUT2D eigenvalue weighted by Crippen LogP contribution is 2.31. The third-order valence-corrected chi connectivity index (χ3v) is 5.63. The number of rotatable bonds is 6. The number of carbonyl (C=O) groups is 1. The minimum absolute atomic E-state index is 0.00824. The van der Waals surface area contributed by atoms with Crippen LogP contribution in [0.4, 0.5) is 10.2 Å². The van der Waals surface area contributed by atoms with E-state index in [-0.39, 0.29) is 18.2 Å². The number of nitrogens with two attached hydrogens (primary N) is 1. The zero-order chi connectivity index (χ0) is 23.4. The molecule has 1 atom stereocenters. The van der Waals surface area contributed by atoms with Crippen LogP contribution in [0.1, 0.15) is 40.4 Å². The summed E-state index contributed by atoms with van der Waals surface area (Å²) in [5.41, 5.74) is 8.77. The van der Waals surface area contributed by atoms with E-state index in [4.69, 9.17) is 15.2 Å². The van der Waals surface area contributed by atoms with Crippen molar-refractivity contribution in [3.05, 3.63) is 65.0 Å². The predicted octanol–water partition coefficient (Wildman–Crippen LogP) is 3.43. The van der Waals surface area contributed by atoms with Gasteiger partial charge >= 0.3 is 0 Å². The van der Waals surface area contributed by atoms with Gasteiger partial charge in [-0.25, -0.2) is 9.07 Å². The molecule has 9 heteroatoms. The summed E-state index contributed by atoms with van der Waals surface area (Å²) < 4.78 is 25.9. The number of nitrogens with zero attached hydrogens (tertiary/aromatic N) is 3. The Morgan fingerprint density at radius 2 is 2.15 bits per heavy atom. The van der Waals surface area contributed by atoms with Crippen LogP contribution < -0.4 is 15.8 Å². The van der Waals surface area contributed by atoms with Crippen LogP contribution in [0.5, 0.6) is 5.75 Å². The Morgan fingerprint density at radius 1 is 1.36 bits per heavy atom. The number of halogens is 1. The number of hydrogen-bond donors (Lipinski definition) is 2. The molecule has 1 amide bonds. The van der Waals surface area contributed by atoms with E-state index in [9.17, 15) is 14.4 Å². The molecule has 3 N–H and O–H groups in total. The molecule has 1 aliphatic rings. The molecule has 3 aromatic rings. The van der Waals surface area contributed by atoms with Crippen molar-refractivity contribution in [2.45, 2.75) is 25.4 Å². The normalized spacial score (nSPS) is 15.6. The van der Waals surface area contributed by atoms with Gasteiger partial charge < -0.3 is 20.5 Å². The summed E-state index contributed by atoms with van der Waals surface area (Å²) in [6.45, 7) is 1.48. The van der Waals surface area contributed by atoms with Crippen molar-refractivity contribution in [1.29, 1.82) is 5.26 Å². The Kier molecular flexibility index (Phi) is 6.56. The maximum Gasteiger partial charge on any atom is 0.255 e. The fourth-order valence-electron chi connectivity index (χ4n) is 3.87. The monoisotopic (exact) mass is 449 g/mol. The van der Waals surface area contributed by atoms with Crippen molar-refractivity contribution in [3.63, 3.8) is 0 Å². The van der Waals surface area contributed by atoms with E-state index in [0.29, 0.717) is 29.4 Å². The van der Waals surface area contributed by atoms with E-state index in [1.54, 1.807) is 4.68 Å². The molecule has 0 unspecified atom stereocenters. The van der Waals surface area contributed by atoms with Crippen LogP contribution in [0, 0.1) is 17.1 Å². The van der Waals surface area contributed by atoms with Crippen LogP contribution >= 0.6 is 0 Å². The van der Waals surface area contributed by atoms with Gasteiger partial charge in [-0.3, -0.25) is 4.79 Å². The molecular formula is C24H24FN5O3. The molecule has 2 heterocycles. The number of aromatic nitrogens is 2. The summed E-state index contributed by atoms with van der Waals surface area (Å²) in [6, 6.07) is 13.3. The molecule has 0 saturated carbocycles. The van der Waals surface area contributed by atoms with E-state index in [2.05, 4.69) is 16.5 Å². The lowest BCUT2D eigenvalue weighted by Gasteiger charge is -2.23. The van der Waals surface area contributed by atoms with Gasteiger partial charge in [0.2, 0.25) is 0 Å². The summed E-state index contributed by atoms with van der Waals surface area (Å²) in [5.74, 6) is -0.325. The Balaban J connectivity index is 1.49. The van der Waals surface area contributed by atoms with Crippen molar-refractivity contribution >= 4 is 11.7 Å². The first kappa shape index (κ1) is 22.3. The van der Waals surface area contributed by atoms with E-state index >= 15 is 0 Å². The third-order valence-electron chi connectivity index (χ3n) is 5.63. The molecule has 0 aliphatic carbocycles. The molecule has 2 aromatic carbocycles. The molecule has 8 nitrogen and oxygen atoms in total. The summed E-state index contributed by atoms with van der Waals surface area (Å²) in [6.07, 6.45) is 1.81. The van der Waals surface area contributed by atoms with Crippen LogP contribution in [-0.2, 0) is 11.3 Å². The van der Waals surface area contributed by atoms with E-state index in [1.165, 1.54) is 19.2 Å². The van der Waals surface area contributed by atoms with Crippen LogP contribution in [-0.4, -0.2) is 36.0 Å². The third kappa shape index (κ3) is 4.66. The van der Waals surface area contributed by atoms with Gasteiger partial charge in [-0.1, -0.05) is 24.3 Å². The second-order valence-corrected chi connectivity index (χ2v) is 7.76. The molecule has 1 saturated heterocycles. The lowest BCUT2D eigenvalue weighted by molar-refractivity contribution is 0.0558. The van der Waals surface area contributed by atoms with Crippen molar-refractivity contribution in [1.82, 2.24) is 15.1 Å². The first-order valence-electron chi connectivity index (χ1n) is 10.6. The fraction of sp³-hybridized carbons (Fsp3) is 0.292. The Hall–Kier alpha value is -3.90. The number of nitrogen functional groups attached to an aromatic ring is 1. The minimum atomic E-state index is -0.517. The fourth-order valence-corrected chi connectivity index (χ4v) is 3.87. The lowest BCUT2D eigenvalue weighted by Crippen LogP contribution is -2.23. The summed E-state index contributed by atoms with van der Waals surface area (Å²) in [7, 11) is 1.42. The highest BCUT2D eigenvalue weighted by atomic mass is 19.1. The Morgan fingerprint density at radius 3 is 2.82 bits per heavy atom. The molecular weight excluding hydrogens is 425 g/mol. The number of amides is 1. The Labute approximate surface area is 190 Å². The lowest BCUT2D eigenvalue weighted by atomic mass is 10.1. The number of nitriles is 1. The highest BCUT2D eigenvalue weighted by molar-refractivity contribution is 5.96. The molecule has 1 aromatic heterocycles. The average molecular weight is 449 g/mol. The molecule has 170 valence electrons. The number of methoxy groups -OCH3 is 1.